The first-order valence-electron chi connectivity index (χ1n) is 8.07. The van der Waals surface area contributed by atoms with Crippen molar-refractivity contribution < 1.29 is 9.53 Å². The summed E-state index contributed by atoms with van der Waals surface area (Å²) >= 11 is 0. The summed E-state index contributed by atoms with van der Waals surface area (Å²) in [6.45, 7) is 6.12. The molecule has 0 radical (unpaired) electrons. The van der Waals surface area contributed by atoms with Crippen molar-refractivity contribution in [2.24, 2.45) is 0 Å². The van der Waals surface area contributed by atoms with E-state index in [0.717, 1.165) is 12.8 Å². The molecule has 112 valence electrons. The van der Waals surface area contributed by atoms with E-state index < -0.39 is 0 Å². The normalized spacial score (nSPS) is 10.4. The third kappa shape index (κ3) is 15.2. The maximum absolute atomic E-state index is 11.2. The zero-order valence-corrected chi connectivity index (χ0v) is 12.8. The van der Waals surface area contributed by atoms with Crippen LogP contribution < -0.4 is 0 Å². The molecule has 0 amide bonds. The fourth-order valence-corrected chi connectivity index (χ4v) is 2.16. The van der Waals surface area contributed by atoms with Gasteiger partial charge in [0.15, 0.2) is 0 Å². The van der Waals surface area contributed by atoms with Crippen LogP contribution in [0.2, 0.25) is 0 Å². The van der Waals surface area contributed by atoms with E-state index in [-0.39, 0.29) is 5.97 Å². The predicted molar refractivity (Wildman–Crippen MR) is 82.2 cm³/mol. The van der Waals surface area contributed by atoms with Crippen molar-refractivity contribution in [3.05, 3.63) is 12.7 Å². The zero-order chi connectivity index (χ0) is 14.2. The van der Waals surface area contributed by atoms with E-state index in [2.05, 4.69) is 13.5 Å². The molecule has 0 saturated carbocycles. The van der Waals surface area contributed by atoms with Gasteiger partial charge in [-0.05, 0) is 6.42 Å². The summed E-state index contributed by atoms with van der Waals surface area (Å²) in [6.07, 6.45) is 16.5. The Balaban J connectivity index is 3.06. The Labute approximate surface area is 119 Å². The highest BCUT2D eigenvalue weighted by molar-refractivity contribution is 5.69. The second kappa shape index (κ2) is 15.3. The van der Waals surface area contributed by atoms with Gasteiger partial charge in [-0.3, -0.25) is 4.79 Å². The van der Waals surface area contributed by atoms with Gasteiger partial charge in [-0.15, -0.1) is 0 Å². The van der Waals surface area contributed by atoms with Gasteiger partial charge >= 0.3 is 5.97 Å². The van der Waals surface area contributed by atoms with Gasteiger partial charge in [0.2, 0.25) is 0 Å². The number of unbranched alkanes of at least 4 members (excludes halogenated alkanes) is 10. The molecular formula is C17H32O2. The standard InChI is InChI=1S/C17H32O2/c1-3-5-6-7-8-9-10-11-12-13-14-15-17(18)19-16-4-2/h4H,2-3,5-16H2,1H3. The predicted octanol–water partition coefficient (Wildman–Crippen LogP) is 5.42. The molecule has 0 fully saturated rings. The number of rotatable bonds is 14. The SMILES string of the molecule is C=CCOC(=O)CCCCCCCCCCCCC. The molecule has 2 heteroatoms. The van der Waals surface area contributed by atoms with E-state index in [9.17, 15) is 4.79 Å². The summed E-state index contributed by atoms with van der Waals surface area (Å²) in [5.41, 5.74) is 0. The average Bonchev–Trinajstić information content (AvgIpc) is 2.42. The van der Waals surface area contributed by atoms with Crippen molar-refractivity contribution in [3.63, 3.8) is 0 Å². The zero-order valence-electron chi connectivity index (χ0n) is 12.8. The largest absolute Gasteiger partial charge is 0.461 e. The van der Waals surface area contributed by atoms with E-state index in [4.69, 9.17) is 4.74 Å². The van der Waals surface area contributed by atoms with Crippen molar-refractivity contribution in [1.82, 2.24) is 0 Å². The van der Waals surface area contributed by atoms with Crippen LogP contribution in [0.3, 0.4) is 0 Å². The second-order valence-electron chi connectivity index (χ2n) is 5.26. The minimum absolute atomic E-state index is 0.0872. The monoisotopic (exact) mass is 268 g/mol. The average molecular weight is 268 g/mol. The van der Waals surface area contributed by atoms with Gasteiger partial charge in [0, 0.05) is 6.42 Å². The number of hydrogen-bond donors (Lipinski definition) is 0. The van der Waals surface area contributed by atoms with Crippen LogP contribution in [0, 0.1) is 0 Å². The first-order valence-corrected chi connectivity index (χ1v) is 8.07. The summed E-state index contributed by atoms with van der Waals surface area (Å²) < 4.78 is 4.93. The van der Waals surface area contributed by atoms with Crippen molar-refractivity contribution in [1.29, 1.82) is 0 Å². The quantitative estimate of drug-likeness (QED) is 0.239. The third-order valence-electron chi connectivity index (χ3n) is 3.35. The molecule has 0 aromatic carbocycles. The van der Waals surface area contributed by atoms with Crippen LogP contribution in [0.1, 0.15) is 84.0 Å². The molecule has 0 heterocycles. The van der Waals surface area contributed by atoms with Crippen LogP contribution in [0.4, 0.5) is 0 Å². The van der Waals surface area contributed by atoms with Gasteiger partial charge in [0.1, 0.15) is 6.61 Å². The van der Waals surface area contributed by atoms with Crippen LogP contribution in [-0.4, -0.2) is 12.6 Å². The molecule has 0 aliphatic rings. The lowest BCUT2D eigenvalue weighted by atomic mass is 10.1. The molecule has 0 saturated heterocycles. The number of esters is 1. The van der Waals surface area contributed by atoms with Crippen molar-refractivity contribution in [3.8, 4) is 0 Å². The maximum atomic E-state index is 11.2. The van der Waals surface area contributed by atoms with Crippen molar-refractivity contribution in [2.45, 2.75) is 84.0 Å². The fraction of sp³-hybridized carbons (Fsp3) is 0.824. The molecule has 0 N–H and O–H groups in total. The summed E-state index contributed by atoms with van der Waals surface area (Å²) in [6, 6.07) is 0. The smallest absolute Gasteiger partial charge is 0.306 e. The fourth-order valence-electron chi connectivity index (χ4n) is 2.16. The van der Waals surface area contributed by atoms with E-state index in [1.54, 1.807) is 6.08 Å². The molecule has 0 bridgehead atoms. The Morgan fingerprint density at radius 1 is 0.895 bits per heavy atom. The lowest BCUT2D eigenvalue weighted by Gasteiger charge is -2.03. The van der Waals surface area contributed by atoms with Crippen LogP contribution in [0.25, 0.3) is 0 Å². The van der Waals surface area contributed by atoms with E-state index in [0.29, 0.717) is 13.0 Å². The summed E-state index contributed by atoms with van der Waals surface area (Å²) in [7, 11) is 0. The van der Waals surface area contributed by atoms with E-state index >= 15 is 0 Å². The van der Waals surface area contributed by atoms with E-state index in [1.807, 2.05) is 0 Å². The number of hydrogen-bond acceptors (Lipinski definition) is 2. The first-order chi connectivity index (χ1) is 9.31. The van der Waals surface area contributed by atoms with Crippen LogP contribution in [-0.2, 0) is 9.53 Å². The molecule has 0 aromatic rings. The van der Waals surface area contributed by atoms with Gasteiger partial charge in [-0.1, -0.05) is 83.8 Å². The molecule has 0 aromatic heterocycles. The van der Waals surface area contributed by atoms with Gasteiger partial charge in [0.25, 0.3) is 0 Å². The first kappa shape index (κ1) is 18.2. The van der Waals surface area contributed by atoms with Crippen LogP contribution in [0.5, 0.6) is 0 Å². The molecule has 2 nitrogen and oxygen atoms in total. The molecule has 0 aliphatic carbocycles. The number of ether oxygens (including phenoxy) is 1. The van der Waals surface area contributed by atoms with E-state index in [1.165, 1.54) is 57.8 Å². The van der Waals surface area contributed by atoms with Gasteiger partial charge in [-0.2, -0.15) is 0 Å². The van der Waals surface area contributed by atoms with Crippen molar-refractivity contribution in [2.75, 3.05) is 6.61 Å². The highest BCUT2D eigenvalue weighted by Gasteiger charge is 2.00. The summed E-state index contributed by atoms with van der Waals surface area (Å²) in [4.78, 5) is 11.2. The third-order valence-corrected chi connectivity index (χ3v) is 3.35. The topological polar surface area (TPSA) is 26.3 Å². The minimum Gasteiger partial charge on any atom is -0.461 e. The maximum Gasteiger partial charge on any atom is 0.306 e. The molecule has 0 unspecified atom stereocenters. The molecule has 0 spiro atoms. The molecule has 0 atom stereocenters. The van der Waals surface area contributed by atoms with Crippen molar-refractivity contribution >= 4 is 5.97 Å². The Bertz CT molecular complexity index is 211. The second-order valence-corrected chi connectivity index (χ2v) is 5.26. The Morgan fingerprint density at radius 3 is 1.84 bits per heavy atom. The summed E-state index contributed by atoms with van der Waals surface area (Å²) in [5, 5.41) is 0. The summed E-state index contributed by atoms with van der Waals surface area (Å²) in [5.74, 6) is -0.0872. The highest BCUT2D eigenvalue weighted by Crippen LogP contribution is 2.12. The number of carbonyl (C=O) groups excluding carboxylic acids is 1. The molecule has 0 rings (SSSR count). The van der Waals surface area contributed by atoms with Crippen LogP contribution in [0.15, 0.2) is 12.7 Å². The lowest BCUT2D eigenvalue weighted by molar-refractivity contribution is -0.142. The Morgan fingerprint density at radius 2 is 1.37 bits per heavy atom. The lowest BCUT2D eigenvalue weighted by Crippen LogP contribution is -2.03. The highest BCUT2D eigenvalue weighted by atomic mass is 16.5. The van der Waals surface area contributed by atoms with Gasteiger partial charge in [-0.25, -0.2) is 0 Å². The Hall–Kier alpha value is -0.790. The molecule has 19 heavy (non-hydrogen) atoms. The van der Waals surface area contributed by atoms with Gasteiger partial charge < -0.3 is 4.74 Å². The number of carbonyl (C=O) groups is 1. The Kier molecular flexibility index (Phi) is 14.6. The molecular weight excluding hydrogens is 236 g/mol. The minimum atomic E-state index is -0.0872. The van der Waals surface area contributed by atoms with Gasteiger partial charge in [0.05, 0.1) is 0 Å². The molecule has 0 aliphatic heterocycles. The van der Waals surface area contributed by atoms with Crippen LogP contribution >= 0.6 is 0 Å².